The Kier molecular flexibility index (Phi) is 5.85. The summed E-state index contributed by atoms with van der Waals surface area (Å²) in [4.78, 5) is 38.1. The maximum atomic E-state index is 13.8. The van der Waals surface area contributed by atoms with Gasteiger partial charge in [-0.15, -0.1) is 11.3 Å². The molecule has 6 nitrogen and oxygen atoms in total. The highest BCUT2D eigenvalue weighted by atomic mass is 32.1. The average Bonchev–Trinajstić information content (AvgIpc) is 3.09. The fraction of sp³-hybridized carbons (Fsp3) is 0.316. The minimum absolute atomic E-state index is 0.00429. The van der Waals surface area contributed by atoms with Crippen LogP contribution in [0.4, 0.5) is 10.1 Å². The van der Waals surface area contributed by atoms with Gasteiger partial charge in [0.05, 0.1) is 6.42 Å². The molecule has 0 atom stereocenters. The summed E-state index contributed by atoms with van der Waals surface area (Å²) in [5.74, 6) is -2.28. The van der Waals surface area contributed by atoms with E-state index in [0.717, 1.165) is 12.5 Å². The van der Waals surface area contributed by atoms with E-state index >= 15 is 0 Å². The van der Waals surface area contributed by atoms with Crippen molar-refractivity contribution in [3.05, 3.63) is 51.5 Å². The first-order valence-electron chi connectivity index (χ1n) is 8.55. The van der Waals surface area contributed by atoms with Crippen molar-refractivity contribution in [3.8, 4) is 0 Å². The van der Waals surface area contributed by atoms with E-state index in [-0.39, 0.29) is 35.9 Å². The zero-order valence-corrected chi connectivity index (χ0v) is 15.4. The van der Waals surface area contributed by atoms with Crippen molar-refractivity contribution in [2.45, 2.75) is 32.2 Å². The first kappa shape index (κ1) is 19.0. The zero-order valence-electron chi connectivity index (χ0n) is 14.5. The lowest BCUT2D eigenvalue weighted by Gasteiger charge is -2.27. The van der Waals surface area contributed by atoms with Crippen LogP contribution in [0.25, 0.3) is 0 Å². The fourth-order valence-corrected chi connectivity index (χ4v) is 3.88. The first-order chi connectivity index (χ1) is 12.9. The molecule has 1 aliphatic heterocycles. The summed E-state index contributed by atoms with van der Waals surface area (Å²) in [6.07, 6.45) is 0.512. The van der Waals surface area contributed by atoms with Gasteiger partial charge in [-0.05, 0) is 41.1 Å². The number of carboxylic acids is 1. The van der Waals surface area contributed by atoms with Gasteiger partial charge in [-0.3, -0.25) is 14.4 Å². The monoisotopic (exact) mass is 390 g/mol. The summed E-state index contributed by atoms with van der Waals surface area (Å²) in [6, 6.07) is 5.88. The number of nitrogens with zero attached hydrogens (tertiary/aromatic N) is 1. The number of carbonyl (C=O) groups excluding carboxylic acids is 2. The number of amides is 2. The predicted octanol–water partition coefficient (Wildman–Crippen LogP) is 2.82. The summed E-state index contributed by atoms with van der Waals surface area (Å²) in [7, 11) is 0. The number of aliphatic carboxylic acids is 1. The maximum absolute atomic E-state index is 13.8. The van der Waals surface area contributed by atoms with Crippen LogP contribution in [-0.2, 0) is 33.8 Å². The summed E-state index contributed by atoms with van der Waals surface area (Å²) in [5.41, 5.74) is 1.45. The number of fused-ring (bicyclic) bond motifs is 1. The van der Waals surface area contributed by atoms with E-state index in [0.29, 0.717) is 13.1 Å². The Labute approximate surface area is 159 Å². The van der Waals surface area contributed by atoms with Crippen molar-refractivity contribution in [2.75, 3.05) is 11.9 Å². The minimum Gasteiger partial charge on any atom is -0.481 e. The van der Waals surface area contributed by atoms with Crippen LogP contribution in [0.5, 0.6) is 0 Å². The molecular formula is C19H19FN2O4S. The lowest BCUT2D eigenvalue weighted by atomic mass is 10.1. The molecule has 142 valence electrons. The van der Waals surface area contributed by atoms with Gasteiger partial charge in [0, 0.05) is 36.5 Å². The molecule has 0 saturated heterocycles. The number of hydrogen-bond donors (Lipinski definition) is 2. The molecule has 27 heavy (non-hydrogen) atoms. The second kappa shape index (κ2) is 8.30. The normalized spacial score (nSPS) is 13.1. The highest BCUT2D eigenvalue weighted by Crippen LogP contribution is 2.24. The molecule has 3 rings (SSSR count). The largest absolute Gasteiger partial charge is 0.481 e. The van der Waals surface area contributed by atoms with E-state index in [2.05, 4.69) is 5.32 Å². The second-order valence-electron chi connectivity index (χ2n) is 6.36. The minimum atomic E-state index is -1.13. The molecule has 1 aliphatic rings. The van der Waals surface area contributed by atoms with E-state index in [1.54, 1.807) is 16.2 Å². The van der Waals surface area contributed by atoms with E-state index in [1.165, 1.54) is 22.6 Å². The Balaban J connectivity index is 1.49. The SMILES string of the molecule is O=C(O)Cc1ccc(NC(=O)CCC(=O)N2CCc3sccc3C2)cc1F. The lowest BCUT2D eigenvalue weighted by Crippen LogP contribution is -2.35. The molecule has 0 spiro atoms. The van der Waals surface area contributed by atoms with Crippen molar-refractivity contribution in [2.24, 2.45) is 0 Å². The number of halogens is 1. The maximum Gasteiger partial charge on any atom is 0.307 e. The third-order valence-corrected chi connectivity index (χ3v) is 5.43. The van der Waals surface area contributed by atoms with E-state index in [9.17, 15) is 18.8 Å². The van der Waals surface area contributed by atoms with E-state index in [4.69, 9.17) is 5.11 Å². The predicted molar refractivity (Wildman–Crippen MR) is 99.0 cm³/mol. The highest BCUT2D eigenvalue weighted by molar-refractivity contribution is 7.10. The number of rotatable bonds is 6. The molecule has 2 amide bonds. The van der Waals surface area contributed by atoms with Crippen LogP contribution in [0.1, 0.15) is 28.8 Å². The Morgan fingerprint density at radius 2 is 2.04 bits per heavy atom. The molecular weight excluding hydrogens is 371 g/mol. The summed E-state index contributed by atoms with van der Waals surface area (Å²) >= 11 is 1.70. The van der Waals surface area contributed by atoms with Crippen molar-refractivity contribution < 1.29 is 23.9 Å². The van der Waals surface area contributed by atoms with Gasteiger partial charge in [0.2, 0.25) is 11.8 Å². The summed E-state index contributed by atoms with van der Waals surface area (Å²) in [6.45, 7) is 1.24. The van der Waals surface area contributed by atoms with Crippen molar-refractivity contribution in [1.29, 1.82) is 0 Å². The zero-order chi connectivity index (χ0) is 19.4. The molecule has 1 aromatic heterocycles. The molecule has 8 heteroatoms. The Morgan fingerprint density at radius 3 is 2.78 bits per heavy atom. The first-order valence-corrected chi connectivity index (χ1v) is 9.43. The van der Waals surface area contributed by atoms with Crippen LogP contribution in [0, 0.1) is 5.82 Å². The number of anilines is 1. The Bertz CT molecular complexity index is 880. The number of nitrogens with one attached hydrogen (secondary N) is 1. The van der Waals surface area contributed by atoms with Gasteiger partial charge < -0.3 is 15.3 Å². The van der Waals surface area contributed by atoms with Gasteiger partial charge in [-0.25, -0.2) is 4.39 Å². The van der Waals surface area contributed by atoms with Gasteiger partial charge >= 0.3 is 5.97 Å². The van der Waals surface area contributed by atoms with Crippen LogP contribution >= 0.6 is 11.3 Å². The number of thiophene rings is 1. The molecule has 2 heterocycles. The quantitative estimate of drug-likeness (QED) is 0.794. The van der Waals surface area contributed by atoms with Crippen LogP contribution in [0.2, 0.25) is 0 Å². The molecule has 2 N–H and O–H groups in total. The third kappa shape index (κ3) is 4.91. The van der Waals surface area contributed by atoms with Gasteiger partial charge in [-0.2, -0.15) is 0 Å². The van der Waals surface area contributed by atoms with Gasteiger partial charge in [0.25, 0.3) is 0 Å². The molecule has 0 saturated carbocycles. The van der Waals surface area contributed by atoms with Crippen LogP contribution < -0.4 is 5.32 Å². The number of carbonyl (C=O) groups is 3. The van der Waals surface area contributed by atoms with Crippen molar-refractivity contribution in [3.63, 3.8) is 0 Å². The molecule has 0 aliphatic carbocycles. The third-order valence-electron chi connectivity index (χ3n) is 4.40. The average molecular weight is 390 g/mol. The molecule has 0 unspecified atom stereocenters. The lowest BCUT2D eigenvalue weighted by molar-refractivity contribution is -0.136. The number of carboxylic acid groups (broad SMARTS) is 1. The summed E-state index contributed by atoms with van der Waals surface area (Å²) in [5, 5.41) is 13.3. The summed E-state index contributed by atoms with van der Waals surface area (Å²) < 4.78 is 13.8. The Hall–Kier alpha value is -2.74. The van der Waals surface area contributed by atoms with E-state index in [1.807, 2.05) is 11.4 Å². The highest BCUT2D eigenvalue weighted by Gasteiger charge is 2.21. The topological polar surface area (TPSA) is 86.7 Å². The molecule has 2 aromatic rings. The van der Waals surface area contributed by atoms with Gasteiger partial charge in [0.1, 0.15) is 5.82 Å². The number of hydrogen-bond acceptors (Lipinski definition) is 4. The Morgan fingerprint density at radius 1 is 1.22 bits per heavy atom. The molecule has 0 bridgehead atoms. The van der Waals surface area contributed by atoms with E-state index < -0.39 is 18.2 Å². The fourth-order valence-electron chi connectivity index (χ4n) is 2.99. The van der Waals surface area contributed by atoms with Crippen molar-refractivity contribution >= 4 is 34.8 Å². The van der Waals surface area contributed by atoms with Gasteiger partial charge in [0.15, 0.2) is 0 Å². The van der Waals surface area contributed by atoms with Crippen molar-refractivity contribution in [1.82, 2.24) is 4.90 Å². The number of benzene rings is 1. The second-order valence-corrected chi connectivity index (χ2v) is 7.36. The standard InChI is InChI=1S/C19H19FN2O4S/c20-15-10-14(2-1-12(15)9-19(25)26)21-17(23)3-4-18(24)22-7-5-16-13(11-22)6-8-27-16/h1-2,6,8,10H,3-5,7,9,11H2,(H,21,23)(H,25,26). The molecule has 1 aromatic carbocycles. The van der Waals surface area contributed by atoms with Crippen LogP contribution in [0.15, 0.2) is 29.6 Å². The van der Waals surface area contributed by atoms with Crippen LogP contribution in [0.3, 0.4) is 0 Å². The van der Waals surface area contributed by atoms with Gasteiger partial charge in [-0.1, -0.05) is 6.07 Å². The molecule has 0 radical (unpaired) electrons. The van der Waals surface area contributed by atoms with Crippen LogP contribution in [-0.4, -0.2) is 34.3 Å². The molecule has 0 fully saturated rings. The smallest absolute Gasteiger partial charge is 0.307 e.